The molecule has 104 valence electrons. The van der Waals surface area contributed by atoms with Gasteiger partial charge in [-0.3, -0.25) is 4.68 Å². The van der Waals surface area contributed by atoms with Gasteiger partial charge in [-0.2, -0.15) is 5.10 Å². The van der Waals surface area contributed by atoms with Gasteiger partial charge in [0, 0.05) is 20.3 Å². The molecule has 0 aliphatic heterocycles. The molecule has 0 radical (unpaired) electrons. The summed E-state index contributed by atoms with van der Waals surface area (Å²) in [6.45, 7) is 6.81. The standard InChI is InChI=1S/C13H24ClN3O/c1-4-7-15-12(6-9-18-8-5-2)13-11(14)10-16-17(13)3/h10,12,15H,4-9H2,1-3H3. The predicted molar refractivity (Wildman–Crippen MR) is 75.0 cm³/mol. The molecule has 0 aliphatic carbocycles. The molecule has 1 aromatic rings. The van der Waals surface area contributed by atoms with Gasteiger partial charge < -0.3 is 10.1 Å². The third kappa shape index (κ3) is 4.59. The zero-order valence-corrected chi connectivity index (χ0v) is 12.3. The molecule has 0 fully saturated rings. The summed E-state index contributed by atoms with van der Waals surface area (Å²) in [6.07, 6.45) is 4.77. The topological polar surface area (TPSA) is 39.1 Å². The van der Waals surface area contributed by atoms with Gasteiger partial charge >= 0.3 is 0 Å². The second-order valence-corrected chi connectivity index (χ2v) is 4.82. The average molecular weight is 274 g/mol. The Balaban J connectivity index is 2.60. The summed E-state index contributed by atoms with van der Waals surface area (Å²) in [5.41, 5.74) is 1.05. The lowest BCUT2D eigenvalue weighted by Gasteiger charge is -2.19. The largest absolute Gasteiger partial charge is 0.381 e. The maximum absolute atomic E-state index is 6.19. The minimum atomic E-state index is 0.210. The number of aromatic nitrogens is 2. The highest BCUT2D eigenvalue weighted by molar-refractivity contribution is 6.31. The third-order valence-electron chi connectivity index (χ3n) is 2.81. The molecule has 0 aliphatic rings. The molecule has 0 bridgehead atoms. The molecule has 0 saturated carbocycles. The normalized spacial score (nSPS) is 12.9. The Morgan fingerprint density at radius 1 is 1.39 bits per heavy atom. The lowest BCUT2D eigenvalue weighted by Crippen LogP contribution is -2.26. The van der Waals surface area contributed by atoms with Crippen molar-refractivity contribution in [3.8, 4) is 0 Å². The molecule has 1 aromatic heterocycles. The van der Waals surface area contributed by atoms with E-state index in [9.17, 15) is 0 Å². The van der Waals surface area contributed by atoms with E-state index in [0.717, 1.165) is 49.7 Å². The molecule has 1 N–H and O–H groups in total. The zero-order valence-electron chi connectivity index (χ0n) is 11.6. The second kappa shape index (κ2) is 8.51. The number of hydrogen-bond acceptors (Lipinski definition) is 3. The summed E-state index contributed by atoms with van der Waals surface area (Å²) in [5, 5.41) is 8.42. The number of ether oxygens (including phenoxy) is 1. The molecule has 1 rings (SSSR count). The lowest BCUT2D eigenvalue weighted by molar-refractivity contribution is 0.124. The first-order chi connectivity index (χ1) is 8.70. The number of nitrogens with zero attached hydrogens (tertiary/aromatic N) is 2. The van der Waals surface area contributed by atoms with Gasteiger partial charge in [0.25, 0.3) is 0 Å². The maximum atomic E-state index is 6.19. The lowest BCUT2D eigenvalue weighted by atomic mass is 10.1. The summed E-state index contributed by atoms with van der Waals surface area (Å²) < 4.78 is 7.40. The Morgan fingerprint density at radius 2 is 2.17 bits per heavy atom. The molecule has 0 saturated heterocycles. The van der Waals surface area contributed by atoms with Crippen LogP contribution in [0.5, 0.6) is 0 Å². The number of hydrogen-bond donors (Lipinski definition) is 1. The number of nitrogens with one attached hydrogen (secondary N) is 1. The zero-order chi connectivity index (χ0) is 13.4. The van der Waals surface area contributed by atoms with Crippen LogP contribution in [0.15, 0.2) is 6.20 Å². The van der Waals surface area contributed by atoms with Crippen LogP contribution < -0.4 is 5.32 Å². The summed E-state index contributed by atoms with van der Waals surface area (Å²) in [4.78, 5) is 0. The Kier molecular flexibility index (Phi) is 7.32. The van der Waals surface area contributed by atoms with Crippen molar-refractivity contribution in [1.82, 2.24) is 15.1 Å². The molecule has 4 nitrogen and oxygen atoms in total. The molecule has 1 atom stereocenters. The fourth-order valence-electron chi connectivity index (χ4n) is 1.91. The smallest absolute Gasteiger partial charge is 0.0834 e. The highest BCUT2D eigenvalue weighted by Crippen LogP contribution is 2.24. The Morgan fingerprint density at radius 3 is 2.72 bits per heavy atom. The molecule has 1 unspecified atom stereocenters. The van der Waals surface area contributed by atoms with Crippen molar-refractivity contribution in [1.29, 1.82) is 0 Å². The Hall–Kier alpha value is -0.580. The van der Waals surface area contributed by atoms with Crippen LogP contribution in [0.1, 0.15) is 44.8 Å². The highest BCUT2D eigenvalue weighted by atomic mass is 35.5. The van der Waals surface area contributed by atoms with Gasteiger partial charge in [-0.15, -0.1) is 0 Å². The monoisotopic (exact) mass is 273 g/mol. The molecule has 0 aromatic carbocycles. The SMILES string of the molecule is CCCNC(CCOCCC)c1c(Cl)cnn1C. The van der Waals surface area contributed by atoms with Crippen molar-refractivity contribution in [2.24, 2.45) is 7.05 Å². The molecule has 0 spiro atoms. The molecule has 5 heteroatoms. The van der Waals surface area contributed by atoms with E-state index >= 15 is 0 Å². The van der Waals surface area contributed by atoms with Crippen molar-refractivity contribution >= 4 is 11.6 Å². The van der Waals surface area contributed by atoms with E-state index in [4.69, 9.17) is 16.3 Å². The first-order valence-electron chi connectivity index (χ1n) is 6.69. The van der Waals surface area contributed by atoms with Crippen LogP contribution in [0.4, 0.5) is 0 Å². The van der Waals surface area contributed by atoms with Crippen molar-refractivity contribution in [2.45, 2.75) is 39.2 Å². The molecular formula is C13H24ClN3O. The number of halogens is 1. The van der Waals surface area contributed by atoms with Crippen LogP contribution in [-0.4, -0.2) is 29.5 Å². The fourth-order valence-corrected chi connectivity index (χ4v) is 2.21. The summed E-state index contributed by atoms with van der Waals surface area (Å²) >= 11 is 6.19. The fraction of sp³-hybridized carbons (Fsp3) is 0.769. The van der Waals surface area contributed by atoms with E-state index < -0.39 is 0 Å². The van der Waals surface area contributed by atoms with Crippen molar-refractivity contribution in [3.63, 3.8) is 0 Å². The van der Waals surface area contributed by atoms with E-state index in [-0.39, 0.29) is 6.04 Å². The van der Waals surface area contributed by atoms with Crippen LogP contribution in [0.25, 0.3) is 0 Å². The molecule has 1 heterocycles. The van der Waals surface area contributed by atoms with E-state index in [0.29, 0.717) is 0 Å². The predicted octanol–water partition coefficient (Wildman–Crippen LogP) is 2.93. The van der Waals surface area contributed by atoms with Crippen molar-refractivity contribution in [2.75, 3.05) is 19.8 Å². The summed E-state index contributed by atoms with van der Waals surface area (Å²) in [7, 11) is 1.93. The average Bonchev–Trinajstić information content (AvgIpc) is 2.69. The summed E-state index contributed by atoms with van der Waals surface area (Å²) in [6, 6.07) is 0.210. The van der Waals surface area contributed by atoms with Gasteiger partial charge in [0.1, 0.15) is 0 Å². The molecule has 0 amide bonds. The Bertz CT molecular complexity index is 321. The first kappa shape index (κ1) is 15.5. The summed E-state index contributed by atoms with van der Waals surface area (Å²) in [5.74, 6) is 0. The minimum absolute atomic E-state index is 0.210. The van der Waals surface area contributed by atoms with Gasteiger partial charge in [-0.1, -0.05) is 25.4 Å². The highest BCUT2D eigenvalue weighted by Gasteiger charge is 2.18. The molecular weight excluding hydrogens is 250 g/mol. The van der Waals surface area contributed by atoms with Gasteiger partial charge in [0.15, 0.2) is 0 Å². The van der Waals surface area contributed by atoms with Crippen LogP contribution in [0, 0.1) is 0 Å². The van der Waals surface area contributed by atoms with E-state index in [1.807, 2.05) is 11.7 Å². The van der Waals surface area contributed by atoms with Crippen LogP contribution in [0.3, 0.4) is 0 Å². The van der Waals surface area contributed by atoms with Crippen molar-refractivity contribution in [3.05, 3.63) is 16.9 Å². The van der Waals surface area contributed by atoms with Gasteiger partial charge in [-0.05, 0) is 25.8 Å². The quantitative estimate of drug-likeness (QED) is 0.703. The van der Waals surface area contributed by atoms with Crippen LogP contribution in [0.2, 0.25) is 5.02 Å². The number of rotatable bonds is 9. The van der Waals surface area contributed by atoms with Gasteiger partial charge in [0.2, 0.25) is 0 Å². The number of aryl methyl sites for hydroxylation is 1. The van der Waals surface area contributed by atoms with Crippen LogP contribution >= 0.6 is 11.6 Å². The second-order valence-electron chi connectivity index (χ2n) is 4.41. The Labute approximate surface area is 115 Å². The van der Waals surface area contributed by atoms with E-state index in [1.54, 1.807) is 6.20 Å². The van der Waals surface area contributed by atoms with E-state index in [2.05, 4.69) is 24.3 Å². The minimum Gasteiger partial charge on any atom is -0.381 e. The third-order valence-corrected chi connectivity index (χ3v) is 3.10. The maximum Gasteiger partial charge on any atom is 0.0834 e. The first-order valence-corrected chi connectivity index (χ1v) is 7.07. The van der Waals surface area contributed by atoms with Gasteiger partial charge in [0.05, 0.1) is 23.0 Å². The molecule has 18 heavy (non-hydrogen) atoms. The van der Waals surface area contributed by atoms with Crippen molar-refractivity contribution < 1.29 is 4.74 Å². The van der Waals surface area contributed by atoms with E-state index in [1.165, 1.54) is 0 Å². The van der Waals surface area contributed by atoms with Gasteiger partial charge in [-0.25, -0.2) is 0 Å². The van der Waals surface area contributed by atoms with Crippen LogP contribution in [-0.2, 0) is 11.8 Å².